The van der Waals surface area contributed by atoms with Crippen LogP contribution in [0.4, 0.5) is 21.4 Å². The summed E-state index contributed by atoms with van der Waals surface area (Å²) in [6, 6.07) is 0. The van der Waals surface area contributed by atoms with E-state index in [4.69, 9.17) is 0 Å². The Morgan fingerprint density at radius 3 is 1.62 bits per heavy atom. The van der Waals surface area contributed by atoms with Crippen molar-refractivity contribution in [2.24, 2.45) is 0 Å². The highest BCUT2D eigenvalue weighted by molar-refractivity contribution is 7.95. The van der Waals surface area contributed by atoms with Crippen molar-refractivity contribution in [3.63, 3.8) is 0 Å². The second-order valence-electron chi connectivity index (χ2n) is 0.940. The van der Waals surface area contributed by atoms with Crippen molar-refractivity contribution in [2.45, 2.75) is 11.7 Å². The summed E-state index contributed by atoms with van der Waals surface area (Å²) in [5.41, 5.74) is 0. The van der Waals surface area contributed by atoms with Gasteiger partial charge in [-0.25, -0.2) is 8.78 Å². The zero-order chi connectivity index (χ0) is 6.78. The molecule has 0 N–H and O–H groups in total. The summed E-state index contributed by atoms with van der Waals surface area (Å²) in [7, 11) is 0. The fourth-order valence-electron chi connectivity index (χ4n) is 0.0337. The van der Waals surface area contributed by atoms with Gasteiger partial charge in [0.25, 0.3) is 0 Å². The molecule has 0 aliphatic heterocycles. The van der Waals surface area contributed by atoms with Crippen LogP contribution in [0.1, 0.15) is 0 Å². The predicted octanol–water partition coefficient (Wildman–Crippen LogP) is 2.46. The monoisotopic (exact) mass is 152 g/mol. The minimum Gasteiger partial charge on any atom is -0.202 e. The molecule has 0 aromatic carbocycles. The Kier molecular flexibility index (Phi) is 2.52. The first-order valence-electron chi connectivity index (χ1n) is 1.46. The third-order valence-electron chi connectivity index (χ3n) is 0.357. The molecule has 0 nitrogen and oxygen atoms in total. The smallest absolute Gasteiger partial charge is 0.202 e. The van der Waals surface area contributed by atoms with Gasteiger partial charge in [0.05, 0.1) is 0 Å². The van der Waals surface area contributed by atoms with Gasteiger partial charge in [0.1, 0.15) is 12.1 Å². The van der Waals surface area contributed by atoms with Crippen LogP contribution in [0, 0.1) is 0 Å². The van der Waals surface area contributed by atoms with E-state index in [1.807, 2.05) is 0 Å². The molecule has 0 saturated heterocycles. The third-order valence-corrected chi connectivity index (χ3v) is 0.741. The van der Waals surface area contributed by atoms with Gasteiger partial charge in [-0.3, -0.25) is 0 Å². The Bertz CT molecular complexity index is 70.8. The van der Waals surface area contributed by atoms with Gasteiger partial charge in [-0.2, -0.15) is 12.7 Å². The number of rotatable bonds is 2. The van der Waals surface area contributed by atoms with Gasteiger partial charge in [-0.1, -0.05) is 0 Å². The fourth-order valence-corrected chi connectivity index (χ4v) is 0.101. The molecule has 8 heavy (non-hydrogen) atoms. The van der Waals surface area contributed by atoms with E-state index in [1.54, 1.807) is 0 Å². The van der Waals surface area contributed by atoms with E-state index in [0.717, 1.165) is 0 Å². The molecule has 0 unspecified atom stereocenters. The van der Waals surface area contributed by atoms with E-state index in [0.29, 0.717) is 0 Å². The van der Waals surface area contributed by atoms with Gasteiger partial charge in [0.2, 0.25) is 0 Å². The molecule has 0 bridgehead atoms. The van der Waals surface area contributed by atoms with Crippen molar-refractivity contribution in [2.75, 3.05) is 0 Å². The Morgan fingerprint density at radius 1 is 1.25 bits per heavy atom. The van der Waals surface area contributed by atoms with E-state index in [9.17, 15) is 21.4 Å². The lowest BCUT2D eigenvalue weighted by Gasteiger charge is -2.06. The van der Waals surface area contributed by atoms with Gasteiger partial charge < -0.3 is 0 Å². The molecule has 0 atom stereocenters. The van der Waals surface area contributed by atoms with Crippen molar-refractivity contribution in [1.29, 1.82) is 0 Å². The number of hydrogen-bond donors (Lipinski definition) is 0. The molecular weight excluding hydrogens is 151 g/mol. The molecule has 0 aliphatic carbocycles. The van der Waals surface area contributed by atoms with Crippen LogP contribution in [-0.4, -0.2) is 11.7 Å². The molecule has 0 aromatic rings. The molecule has 0 amide bonds. The van der Waals surface area contributed by atoms with Gasteiger partial charge in [-0.15, -0.1) is 0 Å². The van der Waals surface area contributed by atoms with Gasteiger partial charge >= 0.3 is 11.7 Å². The van der Waals surface area contributed by atoms with Crippen LogP contribution in [0.5, 0.6) is 0 Å². The van der Waals surface area contributed by atoms with Gasteiger partial charge in [0, 0.05) is 0 Å². The van der Waals surface area contributed by atoms with E-state index in [2.05, 4.69) is 0 Å². The standard InChI is InChI=1S/C2HF5S/c3-1(4)2(5,6)8-7/h1H. The summed E-state index contributed by atoms with van der Waals surface area (Å²) in [4.78, 5) is 0. The fraction of sp³-hybridized carbons (Fsp3) is 1.00. The van der Waals surface area contributed by atoms with Gasteiger partial charge in [-0.05, 0) is 0 Å². The summed E-state index contributed by atoms with van der Waals surface area (Å²) in [5.74, 6) is 0. The summed E-state index contributed by atoms with van der Waals surface area (Å²) in [6.45, 7) is 0. The average Bonchev–Trinajstić information content (AvgIpc) is 1.67. The minimum atomic E-state index is -4.54. The first-order chi connectivity index (χ1) is 3.50. The van der Waals surface area contributed by atoms with Crippen molar-refractivity contribution < 1.29 is 21.4 Å². The highest BCUT2D eigenvalue weighted by atomic mass is 32.2. The maximum atomic E-state index is 11.1. The molecular formula is C2HF5S. The predicted molar refractivity (Wildman–Crippen MR) is 19.7 cm³/mol. The van der Waals surface area contributed by atoms with Crippen LogP contribution in [0.3, 0.4) is 0 Å². The number of alkyl halides is 4. The summed E-state index contributed by atoms with van der Waals surface area (Å²) < 4.78 is 54.5. The third kappa shape index (κ3) is 1.85. The first kappa shape index (κ1) is 8.00. The maximum Gasteiger partial charge on any atom is 0.382 e. The number of halogens is 5. The SMILES string of the molecule is FSC(F)(F)C(F)F. The molecule has 0 saturated carbocycles. The molecule has 0 fully saturated rings. The Labute approximate surface area is 46.4 Å². The van der Waals surface area contributed by atoms with Gasteiger partial charge in [0.15, 0.2) is 0 Å². The van der Waals surface area contributed by atoms with Crippen molar-refractivity contribution in [3.8, 4) is 0 Å². The molecule has 0 aromatic heterocycles. The zero-order valence-corrected chi connectivity index (χ0v) is 4.19. The number of hydrogen-bond acceptors (Lipinski definition) is 1. The maximum absolute atomic E-state index is 11.1. The Balaban J connectivity index is 3.71. The lowest BCUT2D eigenvalue weighted by Crippen LogP contribution is -2.19. The van der Waals surface area contributed by atoms with Crippen LogP contribution in [0.2, 0.25) is 0 Å². The summed E-state index contributed by atoms with van der Waals surface area (Å²) >= 11 is -1.65. The van der Waals surface area contributed by atoms with Crippen LogP contribution in [0.15, 0.2) is 0 Å². The second kappa shape index (κ2) is 2.52. The summed E-state index contributed by atoms with van der Waals surface area (Å²) in [6.07, 6.45) is -3.93. The van der Waals surface area contributed by atoms with E-state index in [-0.39, 0.29) is 0 Å². The minimum absolute atomic E-state index is 1.65. The van der Waals surface area contributed by atoms with Crippen molar-refractivity contribution in [3.05, 3.63) is 0 Å². The topological polar surface area (TPSA) is 0 Å². The lowest BCUT2D eigenvalue weighted by atomic mass is 10.7. The van der Waals surface area contributed by atoms with E-state index in [1.165, 1.54) is 0 Å². The van der Waals surface area contributed by atoms with Crippen LogP contribution in [0.25, 0.3) is 0 Å². The van der Waals surface area contributed by atoms with Crippen molar-refractivity contribution in [1.82, 2.24) is 0 Å². The average molecular weight is 152 g/mol. The molecule has 0 rings (SSSR count). The lowest BCUT2D eigenvalue weighted by molar-refractivity contribution is -0.0582. The zero-order valence-electron chi connectivity index (χ0n) is 3.38. The highest BCUT2D eigenvalue weighted by Gasteiger charge is 2.42. The normalized spacial score (nSPS) is 12.8. The molecule has 6 heteroatoms. The molecule has 0 radical (unpaired) electrons. The van der Waals surface area contributed by atoms with E-state index < -0.39 is 23.8 Å². The Hall–Kier alpha value is -0.0000000000000000555. The largest absolute Gasteiger partial charge is 0.382 e. The molecule has 50 valence electrons. The van der Waals surface area contributed by atoms with Crippen LogP contribution in [-0.2, 0) is 0 Å². The highest BCUT2D eigenvalue weighted by Crippen LogP contribution is 2.35. The molecule has 0 heterocycles. The Morgan fingerprint density at radius 2 is 1.62 bits per heavy atom. The molecule has 0 aliphatic rings. The summed E-state index contributed by atoms with van der Waals surface area (Å²) in [5, 5.41) is -4.54. The molecule has 0 spiro atoms. The quantitative estimate of drug-likeness (QED) is 0.547. The van der Waals surface area contributed by atoms with Crippen molar-refractivity contribution >= 4 is 12.1 Å². The van der Waals surface area contributed by atoms with Crippen LogP contribution < -0.4 is 0 Å². The van der Waals surface area contributed by atoms with Crippen LogP contribution >= 0.6 is 12.1 Å². The first-order valence-corrected chi connectivity index (χ1v) is 2.18. The van der Waals surface area contributed by atoms with E-state index >= 15 is 0 Å². The second-order valence-corrected chi connectivity index (χ2v) is 1.64.